The Labute approximate surface area is 136 Å². The van der Waals surface area contributed by atoms with Gasteiger partial charge in [0.15, 0.2) is 0 Å². The van der Waals surface area contributed by atoms with Crippen molar-refractivity contribution in [1.29, 1.82) is 0 Å². The molecule has 0 saturated heterocycles. The molecule has 0 aliphatic heterocycles. The average Bonchev–Trinajstić information content (AvgIpc) is 2.38. The molecular weight excluding hydrogens is 309 g/mol. The van der Waals surface area contributed by atoms with Gasteiger partial charge in [0, 0.05) is 5.71 Å². The van der Waals surface area contributed by atoms with Crippen molar-refractivity contribution in [1.82, 2.24) is 0 Å². The van der Waals surface area contributed by atoms with Gasteiger partial charge in [0.1, 0.15) is 5.69 Å². The largest absolute Gasteiger partial charge is 0.390 e. The zero-order valence-electron chi connectivity index (χ0n) is 13.0. The molecule has 3 nitrogen and oxygen atoms in total. The molecule has 1 rings (SSSR count). The van der Waals surface area contributed by atoms with E-state index < -0.39 is 6.10 Å². The van der Waals surface area contributed by atoms with Crippen LogP contribution in [-0.2, 0) is 0 Å². The number of nitrogens with zero attached hydrogens (tertiary/aromatic N) is 1. The van der Waals surface area contributed by atoms with Crippen LogP contribution in [0, 0.1) is 5.41 Å². The zero-order valence-corrected chi connectivity index (χ0v) is 14.5. The van der Waals surface area contributed by atoms with Crippen LogP contribution in [0.1, 0.15) is 52.2 Å². The maximum atomic E-state index is 10.3. The third-order valence-electron chi connectivity index (χ3n) is 3.12. The van der Waals surface area contributed by atoms with Crippen molar-refractivity contribution in [3.05, 3.63) is 27.7 Å². The lowest BCUT2D eigenvalue weighted by atomic mass is 9.88. The molecular formula is C16H23Cl2NO2. The van der Waals surface area contributed by atoms with Gasteiger partial charge in [0.25, 0.3) is 0 Å². The summed E-state index contributed by atoms with van der Waals surface area (Å²) in [5.74, 6) is 0. The molecule has 1 unspecified atom stereocenters. The average molecular weight is 332 g/mol. The molecule has 0 aliphatic carbocycles. The van der Waals surface area contributed by atoms with Gasteiger partial charge in [-0.25, -0.2) is 0 Å². The van der Waals surface area contributed by atoms with Crippen molar-refractivity contribution in [3.8, 4) is 0 Å². The SMILES string of the molecule is CC(CO)=Nc1c(Cl)cc(C(O)CCC(C)(C)C)cc1Cl. The van der Waals surface area contributed by atoms with Crippen molar-refractivity contribution in [2.45, 2.75) is 46.6 Å². The van der Waals surface area contributed by atoms with E-state index in [0.29, 0.717) is 33.4 Å². The van der Waals surface area contributed by atoms with Gasteiger partial charge in [-0.05, 0) is 42.9 Å². The summed E-state index contributed by atoms with van der Waals surface area (Å²) in [5, 5.41) is 20.0. The molecule has 0 spiro atoms. The van der Waals surface area contributed by atoms with Gasteiger partial charge in [-0.2, -0.15) is 0 Å². The van der Waals surface area contributed by atoms with Gasteiger partial charge < -0.3 is 10.2 Å². The quantitative estimate of drug-likeness (QED) is 0.751. The van der Waals surface area contributed by atoms with Crippen LogP contribution in [0.5, 0.6) is 0 Å². The third-order valence-corrected chi connectivity index (χ3v) is 3.70. The van der Waals surface area contributed by atoms with Crippen molar-refractivity contribution in [2.24, 2.45) is 10.4 Å². The minimum atomic E-state index is -0.601. The summed E-state index contributed by atoms with van der Waals surface area (Å²) in [7, 11) is 0. The van der Waals surface area contributed by atoms with Crippen LogP contribution in [0.25, 0.3) is 0 Å². The topological polar surface area (TPSA) is 52.8 Å². The molecule has 1 atom stereocenters. The van der Waals surface area contributed by atoms with Crippen LogP contribution in [0.3, 0.4) is 0 Å². The standard InChI is InChI=1S/C16H23Cl2NO2/c1-10(9-20)19-15-12(17)7-11(8-13(15)18)14(21)5-6-16(2,3)4/h7-8,14,20-21H,5-6,9H2,1-4H3. The Morgan fingerprint density at radius 3 is 2.19 bits per heavy atom. The van der Waals surface area contributed by atoms with Crippen molar-refractivity contribution >= 4 is 34.6 Å². The number of aliphatic hydroxyl groups is 2. The van der Waals surface area contributed by atoms with Crippen LogP contribution >= 0.6 is 23.2 Å². The minimum Gasteiger partial charge on any atom is -0.390 e. The van der Waals surface area contributed by atoms with Gasteiger partial charge in [0.2, 0.25) is 0 Å². The number of hydrogen-bond acceptors (Lipinski definition) is 3. The van der Waals surface area contributed by atoms with Crippen molar-refractivity contribution < 1.29 is 10.2 Å². The van der Waals surface area contributed by atoms with Gasteiger partial charge in [-0.15, -0.1) is 0 Å². The van der Waals surface area contributed by atoms with Gasteiger partial charge in [-0.1, -0.05) is 44.0 Å². The molecule has 0 fully saturated rings. The molecule has 1 aromatic carbocycles. The monoisotopic (exact) mass is 331 g/mol. The Kier molecular flexibility index (Phi) is 6.67. The lowest BCUT2D eigenvalue weighted by molar-refractivity contribution is 0.147. The Morgan fingerprint density at radius 1 is 1.24 bits per heavy atom. The first kappa shape index (κ1) is 18.4. The fourth-order valence-corrected chi connectivity index (χ4v) is 2.44. The van der Waals surface area contributed by atoms with E-state index in [-0.39, 0.29) is 12.0 Å². The number of benzene rings is 1. The highest BCUT2D eigenvalue weighted by Gasteiger charge is 2.17. The number of rotatable bonds is 5. The summed E-state index contributed by atoms with van der Waals surface area (Å²) in [6.07, 6.45) is 0.942. The summed E-state index contributed by atoms with van der Waals surface area (Å²) in [6, 6.07) is 3.37. The molecule has 2 N–H and O–H groups in total. The first-order valence-electron chi connectivity index (χ1n) is 6.96. The Bertz CT molecular complexity index is 498. The van der Waals surface area contributed by atoms with Gasteiger partial charge in [0.05, 0.1) is 22.8 Å². The Morgan fingerprint density at radius 2 is 1.76 bits per heavy atom. The lowest BCUT2D eigenvalue weighted by Gasteiger charge is -2.21. The smallest absolute Gasteiger partial charge is 0.100 e. The van der Waals surface area contributed by atoms with E-state index >= 15 is 0 Å². The highest BCUT2D eigenvalue weighted by Crippen LogP contribution is 2.37. The van der Waals surface area contributed by atoms with Crippen LogP contribution in [0.2, 0.25) is 10.0 Å². The molecule has 1 aromatic rings. The summed E-state index contributed by atoms with van der Waals surface area (Å²) < 4.78 is 0. The van der Waals surface area contributed by atoms with E-state index in [1.807, 2.05) is 0 Å². The molecule has 0 aliphatic rings. The fourth-order valence-electron chi connectivity index (χ4n) is 1.85. The highest BCUT2D eigenvalue weighted by molar-refractivity contribution is 6.39. The summed E-state index contributed by atoms with van der Waals surface area (Å²) in [4.78, 5) is 4.18. The predicted octanol–water partition coefficient (Wildman–Crippen LogP) is 4.94. The second-order valence-corrected chi connectivity index (χ2v) is 7.27. The number of aliphatic hydroxyl groups excluding tert-OH is 2. The maximum Gasteiger partial charge on any atom is 0.100 e. The second kappa shape index (κ2) is 7.59. The number of halogens is 2. The van der Waals surface area contributed by atoms with Crippen molar-refractivity contribution in [2.75, 3.05) is 6.61 Å². The first-order chi connectivity index (χ1) is 9.64. The molecule has 0 radical (unpaired) electrons. The molecule has 118 valence electrons. The van der Waals surface area contributed by atoms with E-state index in [2.05, 4.69) is 25.8 Å². The maximum absolute atomic E-state index is 10.3. The van der Waals surface area contributed by atoms with Crippen molar-refractivity contribution in [3.63, 3.8) is 0 Å². The third kappa shape index (κ3) is 5.95. The van der Waals surface area contributed by atoms with Crippen LogP contribution in [0.4, 0.5) is 5.69 Å². The Balaban J connectivity index is 2.97. The van der Waals surface area contributed by atoms with E-state index in [9.17, 15) is 5.11 Å². The summed E-state index contributed by atoms with van der Waals surface area (Å²) in [5.41, 5.74) is 1.81. The molecule has 5 heteroatoms. The Hall–Kier alpha value is -0.610. The molecule has 0 saturated carbocycles. The second-order valence-electron chi connectivity index (χ2n) is 6.45. The summed E-state index contributed by atoms with van der Waals surface area (Å²) >= 11 is 12.4. The highest BCUT2D eigenvalue weighted by atomic mass is 35.5. The molecule has 0 heterocycles. The molecule has 0 bridgehead atoms. The van der Waals surface area contributed by atoms with E-state index in [1.54, 1.807) is 19.1 Å². The van der Waals surface area contributed by atoms with E-state index in [0.717, 1.165) is 6.42 Å². The molecule has 21 heavy (non-hydrogen) atoms. The van der Waals surface area contributed by atoms with Crippen LogP contribution in [-0.4, -0.2) is 22.5 Å². The van der Waals surface area contributed by atoms with E-state index in [1.165, 1.54) is 0 Å². The summed E-state index contributed by atoms with van der Waals surface area (Å²) in [6.45, 7) is 7.95. The first-order valence-corrected chi connectivity index (χ1v) is 7.71. The predicted molar refractivity (Wildman–Crippen MR) is 90.0 cm³/mol. The van der Waals surface area contributed by atoms with Gasteiger partial charge in [-0.3, -0.25) is 4.99 Å². The number of aliphatic imine (C=N–C) groups is 1. The van der Waals surface area contributed by atoms with Crippen LogP contribution < -0.4 is 0 Å². The minimum absolute atomic E-state index is 0.150. The lowest BCUT2D eigenvalue weighted by Crippen LogP contribution is -2.08. The van der Waals surface area contributed by atoms with Crippen LogP contribution in [0.15, 0.2) is 17.1 Å². The molecule has 0 aromatic heterocycles. The van der Waals surface area contributed by atoms with E-state index in [4.69, 9.17) is 28.3 Å². The number of hydrogen-bond donors (Lipinski definition) is 2. The normalized spacial score (nSPS) is 14.4. The fraction of sp³-hybridized carbons (Fsp3) is 0.562. The van der Waals surface area contributed by atoms with Gasteiger partial charge >= 0.3 is 0 Å². The molecule has 0 amide bonds. The zero-order chi connectivity index (χ0) is 16.2.